The molecule has 1 N–H and O–H groups in total. The van der Waals surface area contributed by atoms with Crippen LogP contribution in [0.15, 0.2) is 95.6 Å². The number of aliphatic imine (C=N–C) groups is 1. The van der Waals surface area contributed by atoms with E-state index in [4.69, 9.17) is 4.99 Å². The van der Waals surface area contributed by atoms with E-state index >= 15 is 0 Å². The third kappa shape index (κ3) is 4.07. The number of nitrogens with zero attached hydrogens (tertiary/aromatic N) is 2. The van der Waals surface area contributed by atoms with Gasteiger partial charge in [-0.05, 0) is 18.2 Å². The molecule has 5 nitrogen and oxygen atoms in total. The first-order valence-electron chi connectivity index (χ1n) is 11.0. The van der Waals surface area contributed by atoms with E-state index in [2.05, 4.69) is 29.2 Å². The quantitative estimate of drug-likeness (QED) is 0.701. The summed E-state index contributed by atoms with van der Waals surface area (Å²) in [4.78, 5) is 21.7. The van der Waals surface area contributed by atoms with Gasteiger partial charge in [-0.25, -0.2) is 4.99 Å². The van der Waals surface area contributed by atoms with E-state index in [9.17, 15) is 9.90 Å². The van der Waals surface area contributed by atoms with Gasteiger partial charge in [-0.2, -0.15) is 0 Å². The van der Waals surface area contributed by atoms with Crippen molar-refractivity contribution in [2.75, 3.05) is 26.2 Å². The zero-order chi connectivity index (χ0) is 21.9. The lowest BCUT2D eigenvalue weighted by Gasteiger charge is -2.36. The number of allylic oxidation sites excluding steroid dienone is 2. The van der Waals surface area contributed by atoms with Crippen LogP contribution in [-0.2, 0) is 6.54 Å². The summed E-state index contributed by atoms with van der Waals surface area (Å²) in [5.41, 5.74) is 4.14. The summed E-state index contributed by atoms with van der Waals surface area (Å²) >= 11 is 0. The van der Waals surface area contributed by atoms with Gasteiger partial charge in [-0.15, -0.1) is 0 Å². The number of para-hydroxylation sites is 1. The minimum Gasteiger partial charge on any atom is -0.872 e. The molecule has 5 heteroatoms. The molecule has 2 aliphatic rings. The monoisotopic (exact) mass is 423 g/mol. The number of quaternary nitrogens is 1. The Morgan fingerprint density at radius 2 is 1.56 bits per heavy atom. The Morgan fingerprint density at radius 1 is 0.875 bits per heavy atom. The summed E-state index contributed by atoms with van der Waals surface area (Å²) in [6.07, 6.45) is 1.81. The standard InChI is InChI=1S/C27H25N3O2/c31-25-13-7-12-22-26(25)23(28-21-10-5-2-6-11-21)18-24(27(22)32)30-16-14-29(15-17-30)19-20-8-3-1-4-9-20/h1-13,18,31H,14-17,19H2. The second kappa shape index (κ2) is 8.81. The third-order valence-electron chi connectivity index (χ3n) is 6.15. The van der Waals surface area contributed by atoms with Crippen molar-refractivity contribution in [2.45, 2.75) is 6.54 Å². The van der Waals surface area contributed by atoms with Crippen LogP contribution in [0.25, 0.3) is 0 Å². The molecule has 0 amide bonds. The zero-order valence-electron chi connectivity index (χ0n) is 17.8. The molecule has 1 saturated heterocycles. The molecule has 1 heterocycles. The lowest BCUT2D eigenvalue weighted by atomic mass is 9.90. The second-order valence-corrected chi connectivity index (χ2v) is 8.27. The minimum atomic E-state index is -0.169. The average molecular weight is 424 g/mol. The largest absolute Gasteiger partial charge is 0.872 e. The number of benzene rings is 3. The summed E-state index contributed by atoms with van der Waals surface area (Å²) in [5, 5.41) is 12.6. The first-order valence-corrected chi connectivity index (χ1v) is 11.0. The van der Waals surface area contributed by atoms with Gasteiger partial charge in [0.05, 0.1) is 43.3 Å². The van der Waals surface area contributed by atoms with Crippen LogP contribution >= 0.6 is 0 Å². The van der Waals surface area contributed by atoms with E-state index in [1.807, 2.05) is 36.4 Å². The van der Waals surface area contributed by atoms with Crippen LogP contribution in [0, 0.1) is 0 Å². The van der Waals surface area contributed by atoms with Gasteiger partial charge in [0.15, 0.2) is 0 Å². The molecule has 0 radical (unpaired) electrons. The Morgan fingerprint density at radius 3 is 2.28 bits per heavy atom. The van der Waals surface area contributed by atoms with Crippen molar-refractivity contribution < 1.29 is 14.8 Å². The highest BCUT2D eigenvalue weighted by atomic mass is 16.3. The average Bonchev–Trinajstić information content (AvgIpc) is 2.83. The molecule has 0 bridgehead atoms. The smallest absolute Gasteiger partial charge is 0.209 e. The lowest BCUT2D eigenvalue weighted by molar-refractivity contribution is -0.917. The van der Waals surface area contributed by atoms with Gasteiger partial charge in [0.25, 0.3) is 0 Å². The number of Topliss-reactive ketones (excluding diaryl/α,β-unsaturated/α-hetero) is 1. The van der Waals surface area contributed by atoms with Gasteiger partial charge in [0.1, 0.15) is 6.54 Å². The fraction of sp³-hybridized carbons (Fsp3) is 0.185. The van der Waals surface area contributed by atoms with Crippen molar-refractivity contribution in [2.24, 2.45) is 4.99 Å². The van der Waals surface area contributed by atoms with Crippen molar-refractivity contribution in [1.29, 1.82) is 0 Å². The van der Waals surface area contributed by atoms with Crippen molar-refractivity contribution in [3.05, 3.63) is 107 Å². The van der Waals surface area contributed by atoms with Crippen LogP contribution in [-0.4, -0.2) is 42.6 Å². The maximum atomic E-state index is 13.3. The Balaban J connectivity index is 1.41. The molecule has 3 aromatic rings. The number of hydrogen-bond donors (Lipinski definition) is 1. The molecule has 0 atom stereocenters. The molecule has 5 rings (SSSR count). The number of rotatable bonds is 4. The van der Waals surface area contributed by atoms with Crippen molar-refractivity contribution in [3.8, 4) is 5.75 Å². The molecule has 1 fully saturated rings. The zero-order valence-corrected chi connectivity index (χ0v) is 17.8. The highest BCUT2D eigenvalue weighted by Gasteiger charge is 2.31. The molecule has 1 aliphatic carbocycles. The number of carbonyl (C=O) groups excluding carboxylic acids is 1. The molecule has 0 unspecified atom stereocenters. The highest BCUT2D eigenvalue weighted by Crippen LogP contribution is 2.30. The molecule has 0 saturated carbocycles. The molecule has 0 aromatic heterocycles. The van der Waals surface area contributed by atoms with Crippen LogP contribution in [0.3, 0.4) is 0 Å². The normalized spacial score (nSPS) is 17.9. The Hall–Kier alpha value is -3.70. The third-order valence-corrected chi connectivity index (χ3v) is 6.15. The number of piperazine rings is 1. The van der Waals surface area contributed by atoms with Crippen molar-refractivity contribution in [1.82, 2.24) is 4.90 Å². The lowest BCUT2D eigenvalue weighted by Crippen LogP contribution is -3.13. The fourth-order valence-electron chi connectivity index (χ4n) is 4.48. The van der Waals surface area contributed by atoms with E-state index in [1.54, 1.807) is 18.2 Å². The summed E-state index contributed by atoms with van der Waals surface area (Å²) in [6, 6.07) is 25.0. The van der Waals surface area contributed by atoms with Crippen LogP contribution in [0.2, 0.25) is 0 Å². The molecule has 32 heavy (non-hydrogen) atoms. The topological polar surface area (TPSA) is 60.2 Å². The van der Waals surface area contributed by atoms with Gasteiger partial charge in [0.2, 0.25) is 5.78 Å². The Labute approximate surface area is 187 Å². The number of hydrogen-bond acceptors (Lipinski definition) is 4. The van der Waals surface area contributed by atoms with Gasteiger partial charge in [0, 0.05) is 16.7 Å². The second-order valence-electron chi connectivity index (χ2n) is 8.27. The number of ketones is 1. The first-order chi connectivity index (χ1) is 15.7. The van der Waals surface area contributed by atoms with Crippen LogP contribution < -0.4 is 10.0 Å². The number of fused-ring (bicyclic) bond motifs is 1. The van der Waals surface area contributed by atoms with Crippen molar-refractivity contribution >= 4 is 17.2 Å². The van der Waals surface area contributed by atoms with Crippen LogP contribution in [0.5, 0.6) is 5.75 Å². The summed E-state index contributed by atoms with van der Waals surface area (Å²) in [7, 11) is 0. The van der Waals surface area contributed by atoms with Gasteiger partial charge in [-0.1, -0.05) is 72.5 Å². The van der Waals surface area contributed by atoms with E-state index in [0.29, 0.717) is 22.5 Å². The van der Waals surface area contributed by atoms with E-state index in [-0.39, 0.29) is 11.5 Å². The predicted octanol–water partition coefficient (Wildman–Crippen LogP) is 2.36. The molecular formula is C27H25N3O2. The highest BCUT2D eigenvalue weighted by molar-refractivity contribution is 6.27. The fourth-order valence-corrected chi connectivity index (χ4v) is 4.48. The number of carbonyl (C=O) groups is 1. The molecule has 1 aliphatic heterocycles. The Bertz CT molecular complexity index is 1180. The van der Waals surface area contributed by atoms with Gasteiger partial charge in [-0.3, -0.25) is 4.79 Å². The van der Waals surface area contributed by atoms with Gasteiger partial charge < -0.3 is 14.9 Å². The van der Waals surface area contributed by atoms with Crippen LogP contribution in [0.4, 0.5) is 5.69 Å². The van der Waals surface area contributed by atoms with E-state index in [0.717, 1.165) is 38.4 Å². The summed E-state index contributed by atoms with van der Waals surface area (Å²) in [6.45, 7) is 4.50. The minimum absolute atomic E-state index is 0.0868. The summed E-state index contributed by atoms with van der Waals surface area (Å²) < 4.78 is 0. The molecule has 160 valence electrons. The van der Waals surface area contributed by atoms with Gasteiger partial charge >= 0.3 is 0 Å². The van der Waals surface area contributed by atoms with E-state index in [1.165, 1.54) is 16.5 Å². The van der Waals surface area contributed by atoms with E-state index < -0.39 is 0 Å². The Kier molecular flexibility index (Phi) is 5.57. The molecule has 0 spiro atoms. The number of nitrogens with one attached hydrogen (secondary N) is 1. The molecular weight excluding hydrogens is 398 g/mol. The maximum Gasteiger partial charge on any atom is 0.209 e. The predicted molar refractivity (Wildman–Crippen MR) is 123 cm³/mol. The van der Waals surface area contributed by atoms with Crippen molar-refractivity contribution in [3.63, 3.8) is 0 Å². The van der Waals surface area contributed by atoms with Crippen LogP contribution in [0.1, 0.15) is 21.5 Å². The summed E-state index contributed by atoms with van der Waals surface area (Å²) in [5.74, 6) is -0.255. The first kappa shape index (κ1) is 20.2. The molecule has 3 aromatic carbocycles. The maximum absolute atomic E-state index is 13.3. The SMILES string of the molecule is O=C1C(N2CC[NH+](Cc3ccccc3)CC2)=CC(=Nc2ccccc2)c2c([O-])cccc21.